The topological polar surface area (TPSA) is 30.5 Å². The average molecular weight is 237 g/mol. The highest BCUT2D eigenvalue weighted by atomic mass is 16.5. The second kappa shape index (κ2) is 6.50. The van der Waals surface area contributed by atoms with Crippen LogP contribution < -0.4 is 14.8 Å². The largest absolute Gasteiger partial charge is 0.496 e. The first kappa shape index (κ1) is 13.8. The standard InChI is InChI=1S/C14H23NO2/c1-10(2)9-17-13-8-6-7-12(16-5)14(13)11(3)15-4/h6-8,10-11,15H,9H2,1-5H3. The number of nitrogens with one attached hydrogen (secondary N) is 1. The van der Waals surface area contributed by atoms with Gasteiger partial charge in [-0.1, -0.05) is 19.9 Å². The summed E-state index contributed by atoms with van der Waals surface area (Å²) in [6, 6.07) is 6.12. The molecule has 0 bridgehead atoms. The van der Waals surface area contributed by atoms with Crippen LogP contribution in [-0.4, -0.2) is 20.8 Å². The molecule has 1 rings (SSSR count). The van der Waals surface area contributed by atoms with Crippen LogP contribution in [0.15, 0.2) is 18.2 Å². The van der Waals surface area contributed by atoms with Gasteiger partial charge in [0.2, 0.25) is 0 Å². The molecular weight excluding hydrogens is 214 g/mol. The lowest BCUT2D eigenvalue weighted by atomic mass is 10.1. The summed E-state index contributed by atoms with van der Waals surface area (Å²) in [6.45, 7) is 7.10. The van der Waals surface area contributed by atoms with E-state index in [0.717, 1.165) is 23.7 Å². The molecule has 96 valence electrons. The third-order valence-corrected chi connectivity index (χ3v) is 2.68. The summed E-state index contributed by atoms with van der Waals surface area (Å²) in [6.07, 6.45) is 0. The van der Waals surface area contributed by atoms with E-state index < -0.39 is 0 Å². The molecular formula is C14H23NO2. The van der Waals surface area contributed by atoms with Gasteiger partial charge in [0.1, 0.15) is 11.5 Å². The first-order chi connectivity index (χ1) is 8.10. The number of ether oxygens (including phenoxy) is 2. The molecule has 0 spiro atoms. The van der Waals surface area contributed by atoms with E-state index in [2.05, 4.69) is 26.1 Å². The highest BCUT2D eigenvalue weighted by Gasteiger charge is 2.16. The summed E-state index contributed by atoms with van der Waals surface area (Å²) in [7, 11) is 3.62. The van der Waals surface area contributed by atoms with Crippen LogP contribution in [0, 0.1) is 5.92 Å². The van der Waals surface area contributed by atoms with Gasteiger partial charge in [0.15, 0.2) is 0 Å². The molecule has 0 heterocycles. The summed E-state index contributed by atoms with van der Waals surface area (Å²) in [4.78, 5) is 0. The van der Waals surface area contributed by atoms with Crippen molar-refractivity contribution in [3.8, 4) is 11.5 Å². The second-order valence-electron chi connectivity index (χ2n) is 4.59. The molecule has 1 aromatic carbocycles. The van der Waals surface area contributed by atoms with Crippen molar-refractivity contribution in [1.82, 2.24) is 5.32 Å². The van der Waals surface area contributed by atoms with Gasteiger partial charge in [-0.15, -0.1) is 0 Å². The smallest absolute Gasteiger partial charge is 0.127 e. The van der Waals surface area contributed by atoms with Crippen LogP contribution in [0.4, 0.5) is 0 Å². The molecule has 1 atom stereocenters. The molecule has 0 saturated heterocycles. The van der Waals surface area contributed by atoms with Gasteiger partial charge < -0.3 is 14.8 Å². The molecule has 1 N–H and O–H groups in total. The van der Waals surface area contributed by atoms with E-state index in [9.17, 15) is 0 Å². The Bertz CT molecular complexity index is 350. The van der Waals surface area contributed by atoms with Gasteiger partial charge in [-0.25, -0.2) is 0 Å². The van der Waals surface area contributed by atoms with Gasteiger partial charge in [-0.05, 0) is 32.0 Å². The van der Waals surface area contributed by atoms with E-state index >= 15 is 0 Å². The quantitative estimate of drug-likeness (QED) is 0.825. The van der Waals surface area contributed by atoms with Crippen molar-refractivity contribution in [2.45, 2.75) is 26.8 Å². The predicted molar refractivity (Wildman–Crippen MR) is 70.8 cm³/mol. The Morgan fingerprint density at radius 1 is 1.18 bits per heavy atom. The second-order valence-corrected chi connectivity index (χ2v) is 4.59. The van der Waals surface area contributed by atoms with Crippen LogP contribution in [0.25, 0.3) is 0 Å². The zero-order valence-electron chi connectivity index (χ0n) is 11.4. The molecule has 1 unspecified atom stereocenters. The monoisotopic (exact) mass is 237 g/mol. The Balaban J connectivity index is 3.01. The zero-order chi connectivity index (χ0) is 12.8. The Hall–Kier alpha value is -1.22. The van der Waals surface area contributed by atoms with E-state index in [0.29, 0.717) is 5.92 Å². The summed E-state index contributed by atoms with van der Waals surface area (Å²) in [5.41, 5.74) is 1.08. The Morgan fingerprint density at radius 2 is 1.82 bits per heavy atom. The van der Waals surface area contributed by atoms with Crippen molar-refractivity contribution >= 4 is 0 Å². The normalized spacial score (nSPS) is 12.6. The van der Waals surface area contributed by atoms with Crippen LogP contribution in [0.1, 0.15) is 32.4 Å². The first-order valence-corrected chi connectivity index (χ1v) is 6.07. The number of benzene rings is 1. The van der Waals surface area contributed by atoms with Crippen molar-refractivity contribution in [3.63, 3.8) is 0 Å². The molecule has 0 fully saturated rings. The fourth-order valence-corrected chi connectivity index (χ4v) is 1.66. The van der Waals surface area contributed by atoms with Crippen molar-refractivity contribution in [3.05, 3.63) is 23.8 Å². The summed E-state index contributed by atoms with van der Waals surface area (Å²) >= 11 is 0. The lowest BCUT2D eigenvalue weighted by Crippen LogP contribution is -2.16. The van der Waals surface area contributed by atoms with Gasteiger partial charge in [0.25, 0.3) is 0 Å². The summed E-state index contributed by atoms with van der Waals surface area (Å²) < 4.78 is 11.2. The van der Waals surface area contributed by atoms with Crippen molar-refractivity contribution < 1.29 is 9.47 Å². The van der Waals surface area contributed by atoms with E-state index in [-0.39, 0.29) is 6.04 Å². The zero-order valence-corrected chi connectivity index (χ0v) is 11.4. The van der Waals surface area contributed by atoms with Crippen LogP contribution in [-0.2, 0) is 0 Å². The lowest BCUT2D eigenvalue weighted by Gasteiger charge is -2.20. The molecule has 0 aliphatic rings. The molecule has 0 radical (unpaired) electrons. The Kier molecular flexibility index (Phi) is 5.29. The maximum absolute atomic E-state index is 5.84. The molecule has 0 saturated carbocycles. The molecule has 0 aliphatic heterocycles. The minimum Gasteiger partial charge on any atom is -0.496 e. The predicted octanol–water partition coefficient (Wildman–Crippen LogP) is 3.01. The van der Waals surface area contributed by atoms with Gasteiger partial charge in [-0.3, -0.25) is 0 Å². The maximum Gasteiger partial charge on any atom is 0.127 e. The minimum absolute atomic E-state index is 0.202. The first-order valence-electron chi connectivity index (χ1n) is 6.07. The van der Waals surface area contributed by atoms with E-state index in [4.69, 9.17) is 9.47 Å². The van der Waals surface area contributed by atoms with Crippen LogP contribution >= 0.6 is 0 Å². The number of hydrogen-bond donors (Lipinski definition) is 1. The Labute approximate surface area is 104 Å². The van der Waals surface area contributed by atoms with Crippen molar-refractivity contribution in [2.24, 2.45) is 5.92 Å². The van der Waals surface area contributed by atoms with Crippen molar-refractivity contribution in [1.29, 1.82) is 0 Å². The molecule has 3 heteroatoms. The maximum atomic E-state index is 5.84. The molecule has 0 amide bonds. The van der Waals surface area contributed by atoms with Gasteiger partial charge in [0.05, 0.1) is 19.3 Å². The molecule has 0 aliphatic carbocycles. The van der Waals surface area contributed by atoms with Crippen LogP contribution in [0.2, 0.25) is 0 Å². The summed E-state index contributed by atoms with van der Waals surface area (Å²) in [5, 5.41) is 3.22. The van der Waals surface area contributed by atoms with Gasteiger partial charge >= 0.3 is 0 Å². The van der Waals surface area contributed by atoms with Gasteiger partial charge in [-0.2, -0.15) is 0 Å². The third-order valence-electron chi connectivity index (χ3n) is 2.68. The SMILES string of the molecule is CNC(C)c1c(OC)cccc1OCC(C)C. The average Bonchev–Trinajstić information content (AvgIpc) is 2.34. The highest BCUT2D eigenvalue weighted by molar-refractivity contribution is 5.46. The van der Waals surface area contributed by atoms with Crippen molar-refractivity contribution in [2.75, 3.05) is 20.8 Å². The Morgan fingerprint density at radius 3 is 2.35 bits per heavy atom. The van der Waals surface area contributed by atoms with E-state index in [1.165, 1.54) is 0 Å². The van der Waals surface area contributed by atoms with Crippen LogP contribution in [0.5, 0.6) is 11.5 Å². The van der Waals surface area contributed by atoms with E-state index in [1.807, 2.05) is 25.2 Å². The summed E-state index contributed by atoms with van der Waals surface area (Å²) in [5.74, 6) is 2.28. The van der Waals surface area contributed by atoms with Gasteiger partial charge in [0, 0.05) is 6.04 Å². The third kappa shape index (κ3) is 3.63. The fourth-order valence-electron chi connectivity index (χ4n) is 1.66. The fraction of sp³-hybridized carbons (Fsp3) is 0.571. The highest BCUT2D eigenvalue weighted by Crippen LogP contribution is 2.33. The van der Waals surface area contributed by atoms with E-state index in [1.54, 1.807) is 7.11 Å². The number of methoxy groups -OCH3 is 1. The number of hydrogen-bond acceptors (Lipinski definition) is 3. The molecule has 1 aromatic rings. The molecule has 17 heavy (non-hydrogen) atoms. The number of rotatable bonds is 6. The van der Waals surface area contributed by atoms with Crippen LogP contribution in [0.3, 0.4) is 0 Å². The lowest BCUT2D eigenvalue weighted by molar-refractivity contribution is 0.264. The molecule has 3 nitrogen and oxygen atoms in total. The minimum atomic E-state index is 0.202. The molecule has 0 aromatic heterocycles.